The molecule has 132 valence electrons. The minimum atomic E-state index is -3.54. The van der Waals surface area contributed by atoms with Gasteiger partial charge in [-0.2, -0.15) is 0 Å². The van der Waals surface area contributed by atoms with Crippen LogP contribution in [0.15, 0.2) is 47.4 Å². The van der Waals surface area contributed by atoms with E-state index < -0.39 is 10.0 Å². The van der Waals surface area contributed by atoms with Gasteiger partial charge in [0.15, 0.2) is 0 Å². The third-order valence-electron chi connectivity index (χ3n) is 4.29. The van der Waals surface area contributed by atoms with E-state index in [4.69, 9.17) is 0 Å². The Kier molecular flexibility index (Phi) is 4.62. The molecule has 25 heavy (non-hydrogen) atoms. The molecule has 1 amide bonds. The van der Waals surface area contributed by atoms with Crippen LogP contribution in [0.5, 0.6) is 0 Å². The Labute approximate surface area is 146 Å². The fourth-order valence-electron chi connectivity index (χ4n) is 2.89. The van der Waals surface area contributed by atoms with E-state index in [1.807, 2.05) is 0 Å². The standard InChI is InChI=1S/C18H19FN2O3S/c1-20(2)25(23,24)16-9-6-14(7-10-16)18(22)21-11-3-4-13-5-8-15(19)12-17(13)21/h5-10,12H,3-4,11H2,1-2H3. The monoisotopic (exact) mass is 362 g/mol. The average Bonchev–Trinajstić information content (AvgIpc) is 2.60. The Balaban J connectivity index is 1.92. The number of sulfonamides is 1. The molecule has 0 atom stereocenters. The fourth-order valence-corrected chi connectivity index (χ4v) is 3.80. The van der Waals surface area contributed by atoms with Crippen LogP contribution in [0.25, 0.3) is 0 Å². The van der Waals surface area contributed by atoms with Crippen molar-refractivity contribution in [3.05, 3.63) is 59.4 Å². The molecule has 0 saturated heterocycles. The Hall–Kier alpha value is -2.25. The lowest BCUT2D eigenvalue weighted by Gasteiger charge is -2.29. The zero-order chi connectivity index (χ0) is 18.2. The Bertz CT molecular complexity index is 908. The quantitative estimate of drug-likeness (QED) is 0.843. The first-order valence-electron chi connectivity index (χ1n) is 7.93. The lowest BCUT2D eigenvalue weighted by Crippen LogP contribution is -2.35. The first kappa shape index (κ1) is 17.6. The minimum absolute atomic E-state index is 0.124. The van der Waals surface area contributed by atoms with Gasteiger partial charge in [0.2, 0.25) is 10.0 Å². The minimum Gasteiger partial charge on any atom is -0.308 e. The molecular formula is C18H19FN2O3S. The van der Waals surface area contributed by atoms with E-state index in [-0.39, 0.29) is 16.6 Å². The van der Waals surface area contributed by atoms with Crippen LogP contribution < -0.4 is 4.90 Å². The number of aryl methyl sites for hydroxylation is 1. The molecule has 7 heteroatoms. The summed E-state index contributed by atoms with van der Waals surface area (Å²) >= 11 is 0. The van der Waals surface area contributed by atoms with E-state index in [1.165, 1.54) is 50.5 Å². The van der Waals surface area contributed by atoms with E-state index in [1.54, 1.807) is 11.0 Å². The molecule has 0 fully saturated rings. The van der Waals surface area contributed by atoms with Gasteiger partial charge in [-0.1, -0.05) is 6.07 Å². The first-order valence-corrected chi connectivity index (χ1v) is 9.37. The fraction of sp³-hybridized carbons (Fsp3) is 0.278. The summed E-state index contributed by atoms with van der Waals surface area (Å²) in [4.78, 5) is 14.5. The molecule has 1 aliphatic heterocycles. The summed E-state index contributed by atoms with van der Waals surface area (Å²) in [5.74, 6) is -0.647. The van der Waals surface area contributed by atoms with Crippen molar-refractivity contribution in [1.29, 1.82) is 0 Å². The third-order valence-corrected chi connectivity index (χ3v) is 6.12. The van der Waals surface area contributed by atoms with Crippen molar-refractivity contribution in [1.82, 2.24) is 4.31 Å². The van der Waals surface area contributed by atoms with Gasteiger partial charge in [0.25, 0.3) is 5.91 Å². The first-order chi connectivity index (χ1) is 11.8. The Morgan fingerprint density at radius 1 is 1.12 bits per heavy atom. The molecule has 1 heterocycles. The van der Waals surface area contributed by atoms with Crippen LogP contribution in [0.2, 0.25) is 0 Å². The molecule has 0 radical (unpaired) electrons. The van der Waals surface area contributed by atoms with Crippen molar-refractivity contribution < 1.29 is 17.6 Å². The zero-order valence-electron chi connectivity index (χ0n) is 14.1. The van der Waals surface area contributed by atoms with Crippen LogP contribution >= 0.6 is 0 Å². The molecule has 0 N–H and O–H groups in total. The van der Waals surface area contributed by atoms with Crippen LogP contribution in [0.3, 0.4) is 0 Å². The number of rotatable bonds is 3. The van der Waals surface area contributed by atoms with Gasteiger partial charge in [0.1, 0.15) is 5.82 Å². The van der Waals surface area contributed by atoms with Crippen molar-refractivity contribution >= 4 is 21.6 Å². The maximum atomic E-state index is 13.6. The number of carbonyl (C=O) groups is 1. The molecule has 0 saturated carbocycles. The molecule has 1 aliphatic rings. The number of fused-ring (bicyclic) bond motifs is 1. The number of amides is 1. The van der Waals surface area contributed by atoms with Gasteiger partial charge in [-0.25, -0.2) is 17.1 Å². The largest absolute Gasteiger partial charge is 0.308 e. The molecule has 5 nitrogen and oxygen atoms in total. The summed E-state index contributed by atoms with van der Waals surface area (Å²) in [6.07, 6.45) is 1.61. The van der Waals surface area contributed by atoms with Crippen LogP contribution in [0, 0.1) is 5.82 Å². The Morgan fingerprint density at radius 2 is 1.80 bits per heavy atom. The summed E-state index contributed by atoms with van der Waals surface area (Å²) in [6, 6.07) is 10.3. The van der Waals surface area contributed by atoms with E-state index in [0.717, 1.165) is 22.7 Å². The molecule has 0 unspecified atom stereocenters. The van der Waals surface area contributed by atoms with Gasteiger partial charge in [0.05, 0.1) is 10.6 Å². The van der Waals surface area contributed by atoms with Crippen molar-refractivity contribution in [2.75, 3.05) is 25.5 Å². The van der Waals surface area contributed by atoms with E-state index in [0.29, 0.717) is 17.8 Å². The third kappa shape index (κ3) is 3.29. The predicted octanol–water partition coefficient (Wildman–Crippen LogP) is 2.67. The topological polar surface area (TPSA) is 57.7 Å². The van der Waals surface area contributed by atoms with Crippen LogP contribution in [0.4, 0.5) is 10.1 Å². The SMILES string of the molecule is CN(C)S(=O)(=O)c1ccc(C(=O)N2CCCc3ccc(F)cc32)cc1. The number of halogens is 1. The van der Waals surface area contributed by atoms with E-state index in [9.17, 15) is 17.6 Å². The maximum Gasteiger partial charge on any atom is 0.258 e. The number of nitrogens with zero attached hydrogens (tertiary/aromatic N) is 2. The van der Waals surface area contributed by atoms with Crippen molar-refractivity contribution in [2.24, 2.45) is 0 Å². The molecule has 2 aromatic carbocycles. The smallest absolute Gasteiger partial charge is 0.258 e. The second-order valence-electron chi connectivity index (χ2n) is 6.15. The Morgan fingerprint density at radius 3 is 2.44 bits per heavy atom. The number of carbonyl (C=O) groups excluding carboxylic acids is 1. The molecule has 0 aliphatic carbocycles. The number of anilines is 1. The molecule has 2 aromatic rings. The van der Waals surface area contributed by atoms with E-state index in [2.05, 4.69) is 0 Å². The second-order valence-corrected chi connectivity index (χ2v) is 8.30. The highest BCUT2D eigenvalue weighted by Crippen LogP contribution is 2.29. The van der Waals surface area contributed by atoms with Gasteiger partial charge < -0.3 is 4.90 Å². The lowest BCUT2D eigenvalue weighted by atomic mass is 10.0. The average molecular weight is 362 g/mol. The van der Waals surface area contributed by atoms with Gasteiger partial charge in [-0.05, 0) is 54.8 Å². The van der Waals surface area contributed by atoms with Crippen LogP contribution in [0.1, 0.15) is 22.3 Å². The summed E-state index contributed by atoms with van der Waals surface area (Å²) < 4.78 is 38.9. The molecule has 0 aromatic heterocycles. The molecule has 3 rings (SSSR count). The number of hydrogen-bond acceptors (Lipinski definition) is 3. The van der Waals surface area contributed by atoms with Crippen LogP contribution in [-0.2, 0) is 16.4 Å². The molecular weight excluding hydrogens is 343 g/mol. The summed E-state index contributed by atoms with van der Waals surface area (Å²) in [5.41, 5.74) is 1.89. The summed E-state index contributed by atoms with van der Waals surface area (Å²) in [6.45, 7) is 0.507. The highest BCUT2D eigenvalue weighted by Gasteiger charge is 2.25. The van der Waals surface area contributed by atoms with Gasteiger partial charge in [0, 0.05) is 26.2 Å². The number of hydrogen-bond donors (Lipinski definition) is 0. The lowest BCUT2D eigenvalue weighted by molar-refractivity contribution is 0.0985. The zero-order valence-corrected chi connectivity index (χ0v) is 14.9. The predicted molar refractivity (Wildman–Crippen MR) is 93.7 cm³/mol. The van der Waals surface area contributed by atoms with Gasteiger partial charge in [-0.15, -0.1) is 0 Å². The highest BCUT2D eigenvalue weighted by atomic mass is 32.2. The summed E-state index contributed by atoms with van der Waals surface area (Å²) in [5, 5.41) is 0. The second kappa shape index (κ2) is 6.57. The van der Waals surface area contributed by atoms with Crippen molar-refractivity contribution in [3.63, 3.8) is 0 Å². The summed E-state index contributed by atoms with van der Waals surface area (Å²) in [7, 11) is -0.636. The van der Waals surface area contributed by atoms with Crippen LogP contribution in [-0.4, -0.2) is 39.3 Å². The van der Waals surface area contributed by atoms with Crippen molar-refractivity contribution in [3.8, 4) is 0 Å². The molecule has 0 bridgehead atoms. The highest BCUT2D eigenvalue weighted by molar-refractivity contribution is 7.89. The maximum absolute atomic E-state index is 13.6. The van der Waals surface area contributed by atoms with Gasteiger partial charge >= 0.3 is 0 Å². The van der Waals surface area contributed by atoms with E-state index >= 15 is 0 Å². The van der Waals surface area contributed by atoms with Crippen molar-refractivity contribution in [2.45, 2.75) is 17.7 Å². The molecule has 0 spiro atoms. The number of benzene rings is 2. The normalized spacial score (nSPS) is 14.5. The van der Waals surface area contributed by atoms with Gasteiger partial charge in [-0.3, -0.25) is 4.79 Å².